The largest absolute Gasteiger partial charge is 0.435 e. The number of rotatable bonds is 5. The van der Waals surface area contributed by atoms with Gasteiger partial charge in [-0.25, -0.2) is 4.79 Å². The van der Waals surface area contributed by atoms with E-state index < -0.39 is 30.1 Å². The minimum absolute atomic E-state index is 0.0264. The van der Waals surface area contributed by atoms with Crippen molar-refractivity contribution in [1.82, 2.24) is 0 Å². The average molecular weight is 569 g/mol. The van der Waals surface area contributed by atoms with Crippen LogP contribution in [0.2, 0.25) is 10.0 Å². The Kier molecular flexibility index (Phi) is 7.45. The van der Waals surface area contributed by atoms with Crippen LogP contribution in [0.1, 0.15) is 43.8 Å². The molecule has 1 atom stereocenters. The summed E-state index contributed by atoms with van der Waals surface area (Å²) in [6, 6.07) is 14.0. The number of nitrogens with one attached hydrogen (secondary N) is 1. The summed E-state index contributed by atoms with van der Waals surface area (Å²) in [7, 11) is 0. The summed E-state index contributed by atoms with van der Waals surface area (Å²) in [5.41, 5.74) is -1.22. The summed E-state index contributed by atoms with van der Waals surface area (Å²) in [4.78, 5) is 29.3. The van der Waals surface area contributed by atoms with Gasteiger partial charge in [0.05, 0.1) is 11.3 Å². The Morgan fingerprint density at radius 3 is 2.24 bits per heavy atom. The van der Waals surface area contributed by atoms with Crippen molar-refractivity contribution in [3.05, 3.63) is 98.5 Å². The summed E-state index contributed by atoms with van der Waals surface area (Å²) in [6.45, 7) is 1.73. The molecule has 0 fully saturated rings. The molecular weight excluding hydrogens is 552 g/mol. The van der Waals surface area contributed by atoms with Crippen LogP contribution in [-0.2, 0) is 14.6 Å². The Hall–Kier alpha value is -3.21. The molecule has 0 radical (unpaired) electrons. The highest BCUT2D eigenvalue weighted by Crippen LogP contribution is 2.49. The Bertz CT molecular complexity index is 1390. The molecule has 1 aliphatic heterocycles. The van der Waals surface area contributed by atoms with Gasteiger partial charge in [-0.1, -0.05) is 40.5 Å². The summed E-state index contributed by atoms with van der Waals surface area (Å²) in [5, 5.41) is 6.53. The van der Waals surface area contributed by atoms with Crippen LogP contribution >= 0.6 is 36.1 Å². The topological polar surface area (TPSA) is 77.0 Å². The number of thiol groups is 1. The third-order valence-corrected chi connectivity index (χ3v) is 6.40. The second-order valence-electron chi connectivity index (χ2n) is 8.23. The summed E-state index contributed by atoms with van der Waals surface area (Å²) < 4.78 is 47.2. The number of oxime groups is 1. The number of carbonyl (C=O) groups is 2. The number of hydrogen-bond acceptors (Lipinski definition) is 6. The van der Waals surface area contributed by atoms with Crippen molar-refractivity contribution in [2.24, 2.45) is 5.16 Å². The van der Waals surface area contributed by atoms with E-state index in [1.54, 1.807) is 19.1 Å². The molecular formula is C25H17Cl2F3N2O4S. The molecule has 1 unspecified atom stereocenters. The van der Waals surface area contributed by atoms with Crippen LogP contribution in [0.4, 0.5) is 18.9 Å². The maximum Gasteiger partial charge on any atom is 0.435 e. The number of anilines is 1. The van der Waals surface area contributed by atoms with Crippen LogP contribution in [0.25, 0.3) is 0 Å². The van der Waals surface area contributed by atoms with E-state index in [9.17, 15) is 22.8 Å². The SMILES string of the molecule is Cc1ccc(C2=NOC(c3cc(Cl)cc(Cl)c3)(C(F)(F)F)C2)cc1NC(=O)c1ccc(C(=O)OS)cc1. The lowest BCUT2D eigenvalue weighted by Gasteiger charge is -2.29. The monoisotopic (exact) mass is 568 g/mol. The first kappa shape index (κ1) is 26.8. The summed E-state index contributed by atoms with van der Waals surface area (Å²) in [5.74, 6) is -1.16. The first-order chi connectivity index (χ1) is 17.4. The van der Waals surface area contributed by atoms with Gasteiger partial charge in [-0.3, -0.25) is 4.79 Å². The molecule has 1 N–H and O–H groups in total. The Morgan fingerprint density at radius 1 is 1.03 bits per heavy atom. The molecule has 0 aromatic heterocycles. The molecule has 1 heterocycles. The van der Waals surface area contributed by atoms with Crippen molar-refractivity contribution >= 4 is 59.4 Å². The normalized spacial score (nSPS) is 17.1. The van der Waals surface area contributed by atoms with E-state index >= 15 is 0 Å². The lowest BCUT2D eigenvalue weighted by atomic mass is 9.86. The second kappa shape index (κ2) is 10.3. The Labute approximate surface area is 225 Å². The molecule has 0 aliphatic carbocycles. The molecule has 0 saturated heterocycles. The van der Waals surface area contributed by atoms with Gasteiger partial charge in [0.2, 0.25) is 0 Å². The first-order valence-corrected chi connectivity index (χ1v) is 11.7. The molecule has 192 valence electrons. The van der Waals surface area contributed by atoms with Crippen LogP contribution in [0.3, 0.4) is 0 Å². The second-order valence-corrected chi connectivity index (χ2v) is 9.28. The highest BCUT2D eigenvalue weighted by atomic mass is 35.5. The van der Waals surface area contributed by atoms with E-state index in [0.717, 1.165) is 12.1 Å². The van der Waals surface area contributed by atoms with E-state index in [1.807, 2.05) is 0 Å². The Morgan fingerprint density at radius 2 is 1.65 bits per heavy atom. The highest BCUT2D eigenvalue weighted by Gasteiger charge is 2.62. The van der Waals surface area contributed by atoms with Gasteiger partial charge in [0, 0.05) is 51.8 Å². The first-order valence-electron chi connectivity index (χ1n) is 10.6. The average Bonchev–Trinajstić information content (AvgIpc) is 3.31. The van der Waals surface area contributed by atoms with Crippen LogP contribution < -0.4 is 5.32 Å². The van der Waals surface area contributed by atoms with Crippen molar-refractivity contribution in [1.29, 1.82) is 0 Å². The maximum absolute atomic E-state index is 14.3. The lowest BCUT2D eigenvalue weighted by molar-refractivity contribution is -0.275. The molecule has 0 bridgehead atoms. The molecule has 4 rings (SSSR count). The molecule has 1 amide bonds. The number of carbonyl (C=O) groups excluding carboxylic acids is 2. The third-order valence-electron chi connectivity index (χ3n) is 5.80. The molecule has 6 nitrogen and oxygen atoms in total. The number of halogens is 5. The summed E-state index contributed by atoms with van der Waals surface area (Å²) >= 11 is 15.4. The predicted octanol–water partition coefficient (Wildman–Crippen LogP) is 7.14. The van der Waals surface area contributed by atoms with E-state index in [1.165, 1.54) is 36.4 Å². The number of nitrogens with zero attached hydrogens (tertiary/aromatic N) is 1. The zero-order valence-corrected chi connectivity index (χ0v) is 21.3. The molecule has 0 spiro atoms. The van der Waals surface area contributed by atoms with Crippen molar-refractivity contribution < 1.29 is 31.8 Å². The Balaban J connectivity index is 1.60. The minimum atomic E-state index is -4.83. The number of amides is 1. The molecule has 37 heavy (non-hydrogen) atoms. The van der Waals surface area contributed by atoms with E-state index in [4.69, 9.17) is 28.0 Å². The van der Waals surface area contributed by atoms with Gasteiger partial charge in [-0.2, -0.15) is 13.2 Å². The number of benzene rings is 3. The number of hydrogen-bond donors (Lipinski definition) is 2. The van der Waals surface area contributed by atoms with Crippen molar-refractivity contribution in [3.8, 4) is 0 Å². The van der Waals surface area contributed by atoms with Gasteiger partial charge in [-0.15, -0.1) is 0 Å². The van der Waals surface area contributed by atoms with Crippen LogP contribution in [0, 0.1) is 6.92 Å². The van der Waals surface area contributed by atoms with E-state index in [2.05, 4.69) is 27.6 Å². The van der Waals surface area contributed by atoms with Gasteiger partial charge in [0.15, 0.2) is 0 Å². The van der Waals surface area contributed by atoms with Crippen molar-refractivity contribution in [2.75, 3.05) is 5.32 Å². The van der Waals surface area contributed by atoms with Gasteiger partial charge in [0.25, 0.3) is 11.5 Å². The van der Waals surface area contributed by atoms with Crippen LogP contribution in [-0.4, -0.2) is 23.8 Å². The lowest BCUT2D eigenvalue weighted by Crippen LogP contribution is -2.42. The number of aryl methyl sites for hydroxylation is 1. The molecule has 0 saturated carbocycles. The molecule has 12 heteroatoms. The number of alkyl halides is 3. The van der Waals surface area contributed by atoms with Crippen LogP contribution in [0.15, 0.2) is 65.8 Å². The van der Waals surface area contributed by atoms with Gasteiger partial charge in [-0.05, 0) is 61.0 Å². The summed E-state index contributed by atoms with van der Waals surface area (Å²) in [6.07, 6.45) is -5.47. The fraction of sp³-hybridized carbons (Fsp3) is 0.160. The quantitative estimate of drug-likeness (QED) is 0.253. The van der Waals surface area contributed by atoms with Crippen molar-refractivity contribution in [2.45, 2.75) is 25.1 Å². The van der Waals surface area contributed by atoms with Gasteiger partial charge < -0.3 is 14.3 Å². The fourth-order valence-electron chi connectivity index (χ4n) is 3.79. The maximum atomic E-state index is 14.3. The van der Waals surface area contributed by atoms with Crippen LogP contribution in [0.5, 0.6) is 0 Å². The van der Waals surface area contributed by atoms with Gasteiger partial charge in [0.1, 0.15) is 0 Å². The molecule has 1 aliphatic rings. The molecule has 3 aromatic carbocycles. The standard InChI is InChI=1S/C25H17Cl2F3N2O4S/c1-13-2-3-16(8-20(13)31-22(33)14-4-6-15(7-5-14)23(34)35-37)21-12-24(36-32-21,25(28,29)30)17-9-18(26)11-19(27)10-17/h2-11,37H,12H2,1H3,(H,31,33). The van der Waals surface area contributed by atoms with E-state index in [0.29, 0.717) is 16.8 Å². The third kappa shape index (κ3) is 5.41. The zero-order chi connectivity index (χ0) is 27.0. The van der Waals surface area contributed by atoms with Gasteiger partial charge >= 0.3 is 12.1 Å². The van der Waals surface area contributed by atoms with E-state index in [-0.39, 0.29) is 32.4 Å². The predicted molar refractivity (Wildman–Crippen MR) is 136 cm³/mol. The highest BCUT2D eigenvalue weighted by molar-refractivity contribution is 7.75. The fourth-order valence-corrected chi connectivity index (χ4v) is 4.42. The minimum Gasteiger partial charge on any atom is -0.391 e. The zero-order valence-electron chi connectivity index (χ0n) is 18.9. The smallest absolute Gasteiger partial charge is 0.391 e. The van der Waals surface area contributed by atoms with Crippen molar-refractivity contribution in [3.63, 3.8) is 0 Å². The molecule has 3 aromatic rings.